The lowest BCUT2D eigenvalue weighted by molar-refractivity contribution is -0.137. The molecule has 8 heteroatoms. The fourth-order valence-corrected chi connectivity index (χ4v) is 4.20. The molecule has 2 aliphatic rings. The van der Waals surface area contributed by atoms with Gasteiger partial charge >= 0.3 is 6.18 Å². The zero-order chi connectivity index (χ0) is 22.6. The van der Waals surface area contributed by atoms with Crippen LogP contribution in [0.1, 0.15) is 54.4 Å². The van der Waals surface area contributed by atoms with Gasteiger partial charge in [-0.1, -0.05) is 6.08 Å². The Kier molecular flexibility index (Phi) is 6.79. The fraction of sp³-hybridized carbons (Fsp3) is 0.417. The van der Waals surface area contributed by atoms with E-state index in [9.17, 15) is 18.3 Å². The number of pyridine rings is 1. The van der Waals surface area contributed by atoms with Crippen LogP contribution < -0.4 is 10.6 Å². The van der Waals surface area contributed by atoms with E-state index in [0.29, 0.717) is 18.3 Å². The largest absolute Gasteiger partial charge is 0.507 e. The van der Waals surface area contributed by atoms with Gasteiger partial charge in [0.15, 0.2) is 0 Å². The van der Waals surface area contributed by atoms with E-state index in [1.165, 1.54) is 6.07 Å². The van der Waals surface area contributed by atoms with Gasteiger partial charge in [0.2, 0.25) is 0 Å². The Bertz CT molecular complexity index is 1010. The third kappa shape index (κ3) is 5.12. The van der Waals surface area contributed by atoms with Gasteiger partial charge in [-0.3, -0.25) is 9.98 Å². The Morgan fingerprint density at radius 1 is 1.03 bits per heavy atom. The zero-order valence-corrected chi connectivity index (χ0v) is 17.8. The number of allylic oxidation sites excluding steroid dienone is 1. The SMILES string of the molecule is Oc1cc(C(F)(F)F)ccc1C1=NCCC/C=C(\NC2CCCNCC2)c2cnccc21. The molecular weight excluding hydrogens is 417 g/mol. The number of halogens is 3. The number of phenols is 1. The molecule has 3 heterocycles. The number of aliphatic imine (C=N–C) groups is 1. The molecule has 0 amide bonds. The van der Waals surface area contributed by atoms with E-state index in [1.54, 1.807) is 18.5 Å². The van der Waals surface area contributed by atoms with Gasteiger partial charge in [-0.2, -0.15) is 13.2 Å². The molecule has 0 bridgehead atoms. The summed E-state index contributed by atoms with van der Waals surface area (Å²) in [5.41, 5.74) is 2.41. The van der Waals surface area contributed by atoms with E-state index in [4.69, 9.17) is 0 Å². The van der Waals surface area contributed by atoms with E-state index in [1.807, 2.05) is 0 Å². The Morgan fingerprint density at radius 2 is 1.91 bits per heavy atom. The van der Waals surface area contributed by atoms with E-state index in [-0.39, 0.29) is 5.56 Å². The minimum atomic E-state index is -4.52. The second-order valence-electron chi connectivity index (χ2n) is 8.16. The molecular formula is C24H27F3N4O. The van der Waals surface area contributed by atoms with Crippen LogP contribution in [-0.4, -0.2) is 41.5 Å². The lowest BCUT2D eigenvalue weighted by Crippen LogP contribution is -2.29. The van der Waals surface area contributed by atoms with Gasteiger partial charge in [0, 0.05) is 47.4 Å². The van der Waals surface area contributed by atoms with Crippen molar-refractivity contribution < 1.29 is 18.3 Å². The number of fused-ring (bicyclic) bond motifs is 1. The van der Waals surface area contributed by atoms with Gasteiger partial charge in [-0.05, 0) is 69.5 Å². The van der Waals surface area contributed by atoms with Crippen molar-refractivity contribution in [2.45, 2.75) is 44.3 Å². The minimum Gasteiger partial charge on any atom is -0.507 e. The first-order valence-corrected chi connectivity index (χ1v) is 11.0. The molecule has 170 valence electrons. The summed E-state index contributed by atoms with van der Waals surface area (Å²) in [4.78, 5) is 8.98. The normalized spacial score (nSPS) is 21.7. The van der Waals surface area contributed by atoms with E-state index < -0.39 is 17.5 Å². The van der Waals surface area contributed by atoms with Crippen LogP contribution in [0.3, 0.4) is 0 Å². The van der Waals surface area contributed by atoms with E-state index in [2.05, 4.69) is 26.7 Å². The minimum absolute atomic E-state index is 0.283. The van der Waals surface area contributed by atoms with Crippen molar-refractivity contribution in [2.24, 2.45) is 4.99 Å². The molecule has 1 aromatic carbocycles. The number of nitrogens with zero attached hydrogens (tertiary/aromatic N) is 2. The van der Waals surface area contributed by atoms with Gasteiger partial charge in [-0.15, -0.1) is 0 Å². The van der Waals surface area contributed by atoms with Crippen LogP contribution in [0.5, 0.6) is 5.75 Å². The van der Waals surface area contributed by atoms with Crippen LogP contribution in [0.25, 0.3) is 5.70 Å². The highest BCUT2D eigenvalue weighted by Gasteiger charge is 2.31. The summed E-state index contributed by atoms with van der Waals surface area (Å²) in [5, 5.41) is 17.6. The van der Waals surface area contributed by atoms with Gasteiger partial charge in [0.05, 0.1) is 11.3 Å². The summed E-state index contributed by atoms with van der Waals surface area (Å²) in [7, 11) is 0. The summed E-state index contributed by atoms with van der Waals surface area (Å²) < 4.78 is 39.3. The maximum Gasteiger partial charge on any atom is 0.416 e. The molecule has 1 aromatic heterocycles. The summed E-state index contributed by atoms with van der Waals surface area (Å²) in [6.45, 7) is 2.48. The molecule has 1 unspecified atom stereocenters. The molecule has 0 aliphatic carbocycles. The molecule has 4 rings (SSSR count). The first kappa shape index (κ1) is 22.3. The lowest BCUT2D eigenvalue weighted by atomic mass is 9.95. The van der Waals surface area contributed by atoms with Gasteiger partial charge in [0.1, 0.15) is 5.75 Å². The van der Waals surface area contributed by atoms with Crippen LogP contribution in [0.15, 0.2) is 47.7 Å². The number of benzene rings is 1. The number of rotatable bonds is 3. The molecule has 1 atom stereocenters. The van der Waals surface area contributed by atoms with Crippen LogP contribution in [0.2, 0.25) is 0 Å². The van der Waals surface area contributed by atoms with Crippen molar-refractivity contribution in [3.63, 3.8) is 0 Å². The number of hydrogen-bond acceptors (Lipinski definition) is 5. The molecule has 2 aliphatic heterocycles. The summed E-state index contributed by atoms with van der Waals surface area (Å²) in [5.74, 6) is -0.436. The average molecular weight is 445 g/mol. The van der Waals surface area contributed by atoms with Gasteiger partial charge < -0.3 is 15.7 Å². The Morgan fingerprint density at radius 3 is 2.72 bits per heavy atom. The molecule has 1 saturated heterocycles. The number of phenolic OH excluding ortho intramolecular Hbond substituents is 1. The second kappa shape index (κ2) is 9.73. The number of nitrogens with one attached hydrogen (secondary N) is 2. The molecule has 0 saturated carbocycles. The predicted octanol–water partition coefficient (Wildman–Crippen LogP) is 4.51. The van der Waals surface area contributed by atoms with Gasteiger partial charge in [0.25, 0.3) is 0 Å². The van der Waals surface area contributed by atoms with Crippen LogP contribution in [0.4, 0.5) is 13.2 Å². The van der Waals surface area contributed by atoms with Crippen molar-refractivity contribution in [3.05, 3.63) is 65.0 Å². The summed E-state index contributed by atoms with van der Waals surface area (Å²) in [6.07, 6.45) is 5.80. The predicted molar refractivity (Wildman–Crippen MR) is 119 cm³/mol. The van der Waals surface area contributed by atoms with Crippen LogP contribution in [-0.2, 0) is 6.18 Å². The third-order valence-corrected chi connectivity index (χ3v) is 5.86. The quantitative estimate of drug-likeness (QED) is 0.652. The topological polar surface area (TPSA) is 69.5 Å². The highest BCUT2D eigenvalue weighted by molar-refractivity contribution is 6.16. The van der Waals surface area contributed by atoms with Crippen molar-refractivity contribution in [1.82, 2.24) is 15.6 Å². The van der Waals surface area contributed by atoms with Gasteiger partial charge in [-0.25, -0.2) is 0 Å². The third-order valence-electron chi connectivity index (χ3n) is 5.86. The second-order valence-corrected chi connectivity index (χ2v) is 8.16. The van der Waals surface area contributed by atoms with E-state index >= 15 is 0 Å². The Labute approximate surface area is 185 Å². The maximum absolute atomic E-state index is 13.1. The molecule has 5 nitrogen and oxygen atoms in total. The fourth-order valence-electron chi connectivity index (χ4n) is 4.20. The van der Waals surface area contributed by atoms with Crippen molar-refractivity contribution >= 4 is 11.4 Å². The van der Waals surface area contributed by atoms with E-state index in [0.717, 1.165) is 74.2 Å². The molecule has 1 fully saturated rings. The number of aromatic hydroxyl groups is 1. The zero-order valence-electron chi connectivity index (χ0n) is 17.8. The van der Waals surface area contributed by atoms with Crippen LogP contribution >= 0.6 is 0 Å². The molecule has 0 spiro atoms. The first-order chi connectivity index (χ1) is 15.4. The highest BCUT2D eigenvalue weighted by atomic mass is 19.4. The smallest absolute Gasteiger partial charge is 0.416 e. The summed E-state index contributed by atoms with van der Waals surface area (Å²) >= 11 is 0. The average Bonchev–Trinajstić information content (AvgIpc) is 2.99. The van der Waals surface area contributed by atoms with Crippen molar-refractivity contribution in [1.29, 1.82) is 0 Å². The maximum atomic E-state index is 13.1. The number of hydrogen-bond donors (Lipinski definition) is 3. The number of aromatic nitrogens is 1. The molecule has 32 heavy (non-hydrogen) atoms. The molecule has 2 aromatic rings. The molecule has 0 radical (unpaired) electrons. The monoisotopic (exact) mass is 444 g/mol. The Balaban J connectivity index is 1.73. The van der Waals surface area contributed by atoms with Crippen molar-refractivity contribution in [3.8, 4) is 5.75 Å². The number of alkyl halides is 3. The molecule has 3 N–H and O–H groups in total. The van der Waals surface area contributed by atoms with Crippen molar-refractivity contribution in [2.75, 3.05) is 19.6 Å². The summed E-state index contributed by atoms with van der Waals surface area (Å²) in [6, 6.07) is 5.18. The standard InChI is InChI=1S/C24H27F3N4O/c25-24(26,27)16-6-7-19(22(32)14-16)23-18-9-13-29-15-20(18)21(5-1-2-11-30-23)31-17-4-3-10-28-12-8-17/h5-7,9,13-15,17,28,31-32H,1-4,8,10-12H2/b21-5-,30-23?. The Hall–Kier alpha value is -2.87. The highest BCUT2D eigenvalue weighted by Crippen LogP contribution is 2.34. The first-order valence-electron chi connectivity index (χ1n) is 11.0. The lowest BCUT2D eigenvalue weighted by Gasteiger charge is -2.22. The van der Waals surface area contributed by atoms with Crippen LogP contribution in [0, 0.1) is 0 Å².